The Balaban J connectivity index is 2.51. The zero-order valence-electron chi connectivity index (χ0n) is 10.6. The van der Waals surface area contributed by atoms with Crippen LogP contribution in [-0.4, -0.2) is 19.2 Å². The molecule has 0 aromatic heterocycles. The maximum atomic E-state index is 11.6. The number of nitriles is 1. The maximum Gasteiger partial charge on any atom is 0.320 e. The molecule has 1 atom stereocenters. The lowest BCUT2D eigenvalue weighted by Crippen LogP contribution is -2.36. The lowest BCUT2D eigenvalue weighted by molar-refractivity contribution is 0.250. The molecular weight excluding hydrogens is 230 g/mol. The number of methoxy groups -OCH3 is 1. The third kappa shape index (κ3) is 4.34. The molecule has 0 radical (unpaired) electrons. The van der Waals surface area contributed by atoms with Crippen LogP contribution in [0.5, 0.6) is 5.75 Å². The maximum absolute atomic E-state index is 11.6. The number of carbonyl (C=O) groups excluding carboxylic acids is 1. The number of nitrogens with one attached hydrogen (secondary N) is 2. The summed E-state index contributed by atoms with van der Waals surface area (Å²) in [4.78, 5) is 11.6. The molecule has 0 aliphatic carbocycles. The number of urea groups is 1. The summed E-state index contributed by atoms with van der Waals surface area (Å²) in [5.41, 5.74) is 0.654. The van der Waals surface area contributed by atoms with Crippen LogP contribution >= 0.6 is 0 Å². The van der Waals surface area contributed by atoms with Crippen molar-refractivity contribution in [2.75, 3.05) is 12.4 Å². The monoisotopic (exact) mass is 247 g/mol. The number of benzene rings is 1. The molecule has 2 N–H and O–H groups in total. The van der Waals surface area contributed by atoms with Crippen LogP contribution in [0.2, 0.25) is 0 Å². The molecule has 96 valence electrons. The summed E-state index contributed by atoms with van der Waals surface area (Å²) in [6.45, 7) is 1.97. The second-order valence-corrected chi connectivity index (χ2v) is 3.80. The molecule has 0 aliphatic rings. The van der Waals surface area contributed by atoms with Crippen LogP contribution in [0.1, 0.15) is 19.8 Å². The average Bonchev–Trinajstić information content (AvgIpc) is 2.39. The molecule has 5 heteroatoms. The van der Waals surface area contributed by atoms with E-state index in [1.165, 1.54) is 0 Å². The number of carbonyl (C=O) groups is 1. The fraction of sp³-hybridized carbons (Fsp3) is 0.385. The molecule has 0 heterocycles. The summed E-state index contributed by atoms with van der Waals surface area (Å²) in [5.74, 6) is 0.724. The van der Waals surface area contributed by atoms with Crippen LogP contribution in [-0.2, 0) is 0 Å². The fourth-order valence-corrected chi connectivity index (χ4v) is 1.46. The predicted octanol–water partition coefficient (Wildman–Crippen LogP) is 2.51. The largest absolute Gasteiger partial charge is 0.497 e. The van der Waals surface area contributed by atoms with Crippen molar-refractivity contribution < 1.29 is 9.53 Å². The van der Waals surface area contributed by atoms with Crippen LogP contribution < -0.4 is 15.4 Å². The predicted molar refractivity (Wildman–Crippen MR) is 69.5 cm³/mol. The van der Waals surface area contributed by atoms with Crippen LogP contribution in [0, 0.1) is 11.3 Å². The van der Waals surface area contributed by atoms with E-state index in [9.17, 15) is 4.79 Å². The third-order valence-corrected chi connectivity index (χ3v) is 2.39. The van der Waals surface area contributed by atoms with Gasteiger partial charge in [-0.05, 0) is 30.7 Å². The van der Waals surface area contributed by atoms with Crippen molar-refractivity contribution >= 4 is 11.7 Å². The molecule has 0 spiro atoms. The molecule has 1 aromatic rings. The van der Waals surface area contributed by atoms with Gasteiger partial charge in [-0.2, -0.15) is 5.26 Å². The summed E-state index contributed by atoms with van der Waals surface area (Å²) < 4.78 is 5.02. The van der Waals surface area contributed by atoms with Gasteiger partial charge >= 0.3 is 6.03 Å². The molecule has 0 fully saturated rings. The Morgan fingerprint density at radius 3 is 2.61 bits per heavy atom. The van der Waals surface area contributed by atoms with Gasteiger partial charge in [-0.3, -0.25) is 0 Å². The first-order chi connectivity index (χ1) is 8.69. The van der Waals surface area contributed by atoms with Gasteiger partial charge in [0.2, 0.25) is 0 Å². The van der Waals surface area contributed by atoms with Crippen molar-refractivity contribution in [3.8, 4) is 11.8 Å². The van der Waals surface area contributed by atoms with Gasteiger partial charge in [0.1, 0.15) is 11.8 Å². The van der Waals surface area contributed by atoms with Crippen LogP contribution in [0.15, 0.2) is 24.3 Å². The third-order valence-electron chi connectivity index (χ3n) is 2.39. The molecule has 0 bridgehead atoms. The second-order valence-electron chi connectivity index (χ2n) is 3.80. The van der Waals surface area contributed by atoms with E-state index in [1.807, 2.05) is 13.0 Å². The fourth-order valence-electron chi connectivity index (χ4n) is 1.46. The van der Waals surface area contributed by atoms with E-state index >= 15 is 0 Å². The first kappa shape index (κ1) is 13.8. The lowest BCUT2D eigenvalue weighted by Gasteiger charge is -2.11. The highest BCUT2D eigenvalue weighted by Gasteiger charge is 2.09. The molecule has 1 unspecified atom stereocenters. The van der Waals surface area contributed by atoms with Crippen LogP contribution in [0.3, 0.4) is 0 Å². The van der Waals surface area contributed by atoms with E-state index in [-0.39, 0.29) is 6.03 Å². The topological polar surface area (TPSA) is 74.2 Å². The van der Waals surface area contributed by atoms with Crippen molar-refractivity contribution in [3.05, 3.63) is 24.3 Å². The Bertz CT molecular complexity index is 423. The van der Waals surface area contributed by atoms with E-state index in [0.717, 1.165) is 12.2 Å². The van der Waals surface area contributed by atoms with Gasteiger partial charge in [-0.15, -0.1) is 0 Å². The number of rotatable bonds is 5. The van der Waals surface area contributed by atoms with E-state index in [0.29, 0.717) is 12.1 Å². The van der Waals surface area contributed by atoms with Gasteiger partial charge in [-0.1, -0.05) is 13.3 Å². The van der Waals surface area contributed by atoms with Gasteiger partial charge < -0.3 is 15.4 Å². The molecule has 1 rings (SSSR count). The summed E-state index contributed by atoms with van der Waals surface area (Å²) in [7, 11) is 1.58. The Morgan fingerprint density at radius 1 is 1.44 bits per heavy atom. The van der Waals surface area contributed by atoms with E-state index in [4.69, 9.17) is 10.00 Å². The average molecular weight is 247 g/mol. The van der Waals surface area contributed by atoms with Crippen molar-refractivity contribution in [2.45, 2.75) is 25.8 Å². The number of nitrogens with zero attached hydrogens (tertiary/aromatic N) is 1. The molecule has 0 saturated carbocycles. The first-order valence-corrected chi connectivity index (χ1v) is 5.80. The minimum absolute atomic E-state index is 0.375. The van der Waals surface area contributed by atoms with Gasteiger partial charge in [0, 0.05) is 5.69 Å². The minimum Gasteiger partial charge on any atom is -0.497 e. The number of anilines is 1. The molecule has 0 aliphatic heterocycles. The number of hydrogen-bond acceptors (Lipinski definition) is 3. The number of ether oxygens (including phenoxy) is 1. The normalized spacial score (nSPS) is 11.2. The highest BCUT2D eigenvalue weighted by molar-refractivity contribution is 5.89. The number of amides is 2. The van der Waals surface area contributed by atoms with Gasteiger partial charge in [-0.25, -0.2) is 4.79 Å². The molecule has 0 saturated heterocycles. The smallest absolute Gasteiger partial charge is 0.320 e. The van der Waals surface area contributed by atoms with E-state index < -0.39 is 6.04 Å². The summed E-state index contributed by atoms with van der Waals surface area (Å²) in [6.07, 6.45) is 1.49. The molecule has 18 heavy (non-hydrogen) atoms. The van der Waals surface area contributed by atoms with Gasteiger partial charge in [0.15, 0.2) is 0 Å². The summed E-state index contributed by atoms with van der Waals surface area (Å²) in [6, 6.07) is 8.20. The van der Waals surface area contributed by atoms with Crippen molar-refractivity contribution in [2.24, 2.45) is 0 Å². The van der Waals surface area contributed by atoms with Gasteiger partial charge in [0.25, 0.3) is 0 Å². The van der Waals surface area contributed by atoms with E-state index in [2.05, 4.69) is 10.6 Å². The zero-order valence-corrected chi connectivity index (χ0v) is 10.6. The highest BCUT2D eigenvalue weighted by Crippen LogP contribution is 2.14. The standard InChI is InChI=1S/C13H17N3O2/c1-3-4-11(9-14)16-13(17)15-10-5-7-12(18-2)8-6-10/h5-8,11H,3-4H2,1-2H3,(H2,15,16,17). The number of hydrogen-bond donors (Lipinski definition) is 2. The Hall–Kier alpha value is -2.22. The summed E-state index contributed by atoms with van der Waals surface area (Å²) in [5, 5.41) is 14.1. The summed E-state index contributed by atoms with van der Waals surface area (Å²) >= 11 is 0. The molecule has 2 amide bonds. The van der Waals surface area contributed by atoms with Crippen LogP contribution in [0.4, 0.5) is 10.5 Å². The SMILES string of the molecule is CCCC(C#N)NC(=O)Nc1ccc(OC)cc1. The Kier molecular flexibility index (Phi) is 5.52. The van der Waals surface area contributed by atoms with E-state index in [1.54, 1.807) is 31.4 Å². The Morgan fingerprint density at radius 2 is 2.11 bits per heavy atom. The quantitative estimate of drug-likeness (QED) is 0.839. The second kappa shape index (κ2) is 7.17. The van der Waals surface area contributed by atoms with Crippen molar-refractivity contribution in [3.63, 3.8) is 0 Å². The highest BCUT2D eigenvalue weighted by atomic mass is 16.5. The van der Waals surface area contributed by atoms with Crippen LogP contribution in [0.25, 0.3) is 0 Å². The van der Waals surface area contributed by atoms with Gasteiger partial charge in [0.05, 0.1) is 13.2 Å². The first-order valence-electron chi connectivity index (χ1n) is 5.80. The minimum atomic E-state index is -0.451. The Labute approximate surface area is 107 Å². The molecule has 1 aromatic carbocycles. The molecule has 5 nitrogen and oxygen atoms in total. The lowest BCUT2D eigenvalue weighted by atomic mass is 10.2. The van der Waals surface area contributed by atoms with Crippen molar-refractivity contribution in [1.29, 1.82) is 5.26 Å². The molecular formula is C13H17N3O2. The zero-order chi connectivity index (χ0) is 13.4. The van der Waals surface area contributed by atoms with Crippen molar-refractivity contribution in [1.82, 2.24) is 5.32 Å².